The smallest absolute Gasteiger partial charge is 0.334 e. The standard InChI is InChI=1S/C12H15FN2O4/c1-15(7-8-3-2-4-9(13)5-8)12(19)14-6-10(16)11(17)18/h2-5,10,16H,6-7H2,1H3,(H,14,19)(H,17,18)/t10-/m0/s1. The summed E-state index contributed by atoms with van der Waals surface area (Å²) in [5.41, 5.74) is 0.608. The van der Waals surface area contributed by atoms with Gasteiger partial charge in [0.25, 0.3) is 0 Å². The maximum Gasteiger partial charge on any atom is 0.334 e. The molecule has 1 rings (SSSR count). The van der Waals surface area contributed by atoms with Crippen LogP contribution in [0.3, 0.4) is 0 Å². The Hall–Kier alpha value is -2.15. The second-order valence-electron chi connectivity index (χ2n) is 4.03. The van der Waals surface area contributed by atoms with Gasteiger partial charge in [-0.05, 0) is 17.7 Å². The van der Waals surface area contributed by atoms with Crippen molar-refractivity contribution in [1.82, 2.24) is 10.2 Å². The van der Waals surface area contributed by atoms with Crippen LogP contribution in [0.1, 0.15) is 5.56 Å². The molecule has 0 aliphatic rings. The quantitative estimate of drug-likeness (QED) is 0.723. The van der Waals surface area contributed by atoms with Gasteiger partial charge < -0.3 is 20.4 Å². The number of nitrogens with one attached hydrogen (secondary N) is 1. The molecule has 1 atom stereocenters. The van der Waals surface area contributed by atoms with Crippen molar-refractivity contribution >= 4 is 12.0 Å². The average molecular weight is 270 g/mol. The summed E-state index contributed by atoms with van der Waals surface area (Å²) in [6.07, 6.45) is -1.65. The monoisotopic (exact) mass is 270 g/mol. The predicted octanol–water partition coefficient (Wildman–Crippen LogP) is 0.413. The van der Waals surface area contributed by atoms with E-state index in [1.165, 1.54) is 30.1 Å². The van der Waals surface area contributed by atoms with Crippen molar-refractivity contribution in [2.45, 2.75) is 12.6 Å². The molecule has 1 aromatic rings. The first-order valence-corrected chi connectivity index (χ1v) is 5.54. The molecule has 0 aromatic heterocycles. The molecule has 1 aromatic carbocycles. The molecule has 3 N–H and O–H groups in total. The van der Waals surface area contributed by atoms with E-state index in [-0.39, 0.29) is 13.1 Å². The third-order valence-corrected chi connectivity index (χ3v) is 2.39. The molecule has 0 spiro atoms. The van der Waals surface area contributed by atoms with Gasteiger partial charge in [0.1, 0.15) is 5.82 Å². The van der Waals surface area contributed by atoms with Crippen LogP contribution in [0.15, 0.2) is 24.3 Å². The summed E-state index contributed by atoms with van der Waals surface area (Å²) in [4.78, 5) is 23.2. The van der Waals surface area contributed by atoms with Crippen LogP contribution in [0.2, 0.25) is 0 Å². The lowest BCUT2D eigenvalue weighted by Gasteiger charge is -2.18. The number of halogens is 1. The molecule has 0 aliphatic carbocycles. The third-order valence-electron chi connectivity index (χ3n) is 2.39. The number of nitrogens with zero attached hydrogens (tertiary/aromatic N) is 1. The van der Waals surface area contributed by atoms with Gasteiger partial charge in [-0.2, -0.15) is 0 Å². The summed E-state index contributed by atoms with van der Waals surface area (Å²) in [5.74, 6) is -1.80. The zero-order valence-corrected chi connectivity index (χ0v) is 10.3. The third kappa shape index (κ3) is 4.92. The average Bonchev–Trinajstić information content (AvgIpc) is 2.35. The van der Waals surface area contributed by atoms with Gasteiger partial charge in [-0.1, -0.05) is 12.1 Å². The number of amides is 2. The van der Waals surface area contributed by atoms with Gasteiger partial charge in [-0.3, -0.25) is 0 Å². The fourth-order valence-electron chi connectivity index (χ4n) is 1.39. The molecule has 0 aliphatic heterocycles. The number of hydrogen-bond acceptors (Lipinski definition) is 3. The van der Waals surface area contributed by atoms with E-state index < -0.39 is 23.9 Å². The van der Waals surface area contributed by atoms with Crippen LogP contribution in [0, 0.1) is 5.82 Å². The summed E-state index contributed by atoms with van der Waals surface area (Å²) in [7, 11) is 1.48. The number of carboxylic acids is 1. The van der Waals surface area contributed by atoms with Crippen molar-refractivity contribution in [1.29, 1.82) is 0 Å². The summed E-state index contributed by atoms with van der Waals surface area (Å²) in [5, 5.41) is 19.7. The number of urea groups is 1. The number of carboxylic acid groups (broad SMARTS) is 1. The number of hydrogen-bond donors (Lipinski definition) is 3. The predicted molar refractivity (Wildman–Crippen MR) is 64.9 cm³/mol. The first-order valence-electron chi connectivity index (χ1n) is 5.54. The molecule has 7 heteroatoms. The Morgan fingerprint density at radius 3 is 2.74 bits per heavy atom. The summed E-state index contributed by atoms with van der Waals surface area (Å²) < 4.78 is 12.9. The van der Waals surface area contributed by atoms with Crippen LogP contribution in [0.25, 0.3) is 0 Å². The summed E-state index contributed by atoms with van der Waals surface area (Å²) >= 11 is 0. The van der Waals surface area contributed by atoms with Crippen LogP contribution in [0.5, 0.6) is 0 Å². The van der Waals surface area contributed by atoms with Crippen molar-refractivity contribution < 1.29 is 24.2 Å². The maximum atomic E-state index is 12.9. The fourth-order valence-corrected chi connectivity index (χ4v) is 1.39. The summed E-state index contributed by atoms with van der Waals surface area (Å²) in [6, 6.07) is 5.25. The van der Waals surface area contributed by atoms with Crippen molar-refractivity contribution in [3.8, 4) is 0 Å². The number of rotatable bonds is 5. The van der Waals surface area contributed by atoms with Crippen LogP contribution >= 0.6 is 0 Å². The van der Waals surface area contributed by atoms with Gasteiger partial charge >= 0.3 is 12.0 Å². The van der Waals surface area contributed by atoms with E-state index >= 15 is 0 Å². The molecular weight excluding hydrogens is 255 g/mol. The highest BCUT2D eigenvalue weighted by Gasteiger charge is 2.16. The van der Waals surface area contributed by atoms with Crippen LogP contribution < -0.4 is 5.32 Å². The minimum atomic E-state index is -1.65. The largest absolute Gasteiger partial charge is 0.479 e. The molecule has 0 heterocycles. The number of aliphatic hydroxyl groups excluding tert-OH is 1. The van der Waals surface area contributed by atoms with E-state index in [1.807, 2.05) is 0 Å². The van der Waals surface area contributed by atoms with E-state index in [9.17, 15) is 14.0 Å². The number of aliphatic carboxylic acids is 1. The number of carbonyl (C=O) groups excluding carboxylic acids is 1. The zero-order chi connectivity index (χ0) is 14.4. The Kier molecular flexibility index (Phi) is 5.25. The van der Waals surface area contributed by atoms with Gasteiger partial charge in [0, 0.05) is 13.6 Å². The molecule has 0 saturated heterocycles. The van der Waals surface area contributed by atoms with Gasteiger partial charge in [0.15, 0.2) is 6.10 Å². The molecule has 104 valence electrons. The Balaban J connectivity index is 2.47. The molecule has 0 bridgehead atoms. The van der Waals surface area contributed by atoms with Crippen LogP contribution in [0.4, 0.5) is 9.18 Å². The van der Waals surface area contributed by atoms with Crippen LogP contribution in [-0.4, -0.2) is 46.8 Å². The molecule has 0 fully saturated rings. The molecule has 0 radical (unpaired) electrons. The molecule has 2 amide bonds. The lowest BCUT2D eigenvalue weighted by molar-refractivity contribution is -0.146. The zero-order valence-electron chi connectivity index (χ0n) is 10.3. The first kappa shape index (κ1) is 14.9. The number of aliphatic hydroxyl groups is 1. The Morgan fingerprint density at radius 2 is 2.16 bits per heavy atom. The van der Waals surface area contributed by atoms with E-state index in [0.29, 0.717) is 5.56 Å². The SMILES string of the molecule is CN(Cc1cccc(F)c1)C(=O)NC[C@H](O)C(=O)O. The minimum Gasteiger partial charge on any atom is -0.479 e. The topological polar surface area (TPSA) is 89.9 Å². The van der Waals surface area contributed by atoms with Gasteiger partial charge in [0.2, 0.25) is 0 Å². The highest BCUT2D eigenvalue weighted by Crippen LogP contribution is 2.06. The lowest BCUT2D eigenvalue weighted by atomic mass is 10.2. The Bertz CT molecular complexity index is 467. The molecular formula is C12H15FN2O4. The molecule has 6 nitrogen and oxygen atoms in total. The summed E-state index contributed by atoms with van der Waals surface area (Å²) in [6.45, 7) is -0.214. The van der Waals surface area contributed by atoms with E-state index in [0.717, 1.165) is 0 Å². The highest BCUT2D eigenvalue weighted by molar-refractivity contribution is 5.76. The Labute approximate surface area is 109 Å². The van der Waals surface area contributed by atoms with E-state index in [2.05, 4.69) is 5.32 Å². The van der Waals surface area contributed by atoms with Gasteiger partial charge in [-0.15, -0.1) is 0 Å². The normalized spacial score (nSPS) is 11.7. The van der Waals surface area contributed by atoms with Crippen LogP contribution in [-0.2, 0) is 11.3 Å². The number of benzene rings is 1. The highest BCUT2D eigenvalue weighted by atomic mass is 19.1. The van der Waals surface area contributed by atoms with E-state index in [4.69, 9.17) is 10.2 Å². The number of carbonyl (C=O) groups is 2. The maximum absolute atomic E-state index is 12.9. The molecule has 0 saturated carbocycles. The van der Waals surface area contributed by atoms with E-state index in [1.54, 1.807) is 6.07 Å². The van der Waals surface area contributed by atoms with Crippen molar-refractivity contribution in [3.05, 3.63) is 35.6 Å². The van der Waals surface area contributed by atoms with Crippen molar-refractivity contribution in [3.63, 3.8) is 0 Å². The second-order valence-corrected chi connectivity index (χ2v) is 4.03. The second kappa shape index (κ2) is 6.69. The minimum absolute atomic E-state index is 0.173. The van der Waals surface area contributed by atoms with Crippen molar-refractivity contribution in [2.24, 2.45) is 0 Å². The molecule has 0 unspecified atom stereocenters. The Morgan fingerprint density at radius 1 is 1.47 bits per heavy atom. The first-order chi connectivity index (χ1) is 8.90. The van der Waals surface area contributed by atoms with Gasteiger partial charge in [0.05, 0.1) is 6.54 Å². The lowest BCUT2D eigenvalue weighted by Crippen LogP contribution is -2.42. The fraction of sp³-hybridized carbons (Fsp3) is 0.333. The molecule has 19 heavy (non-hydrogen) atoms. The van der Waals surface area contributed by atoms with Gasteiger partial charge in [-0.25, -0.2) is 14.0 Å². The van der Waals surface area contributed by atoms with Crippen molar-refractivity contribution in [2.75, 3.05) is 13.6 Å².